The zero-order chi connectivity index (χ0) is 16.5. The Morgan fingerprint density at radius 2 is 2.04 bits per heavy atom. The van der Waals surface area contributed by atoms with E-state index >= 15 is 0 Å². The van der Waals surface area contributed by atoms with Gasteiger partial charge >= 0.3 is 0 Å². The molecule has 1 aromatic carbocycles. The first-order valence-electron chi connectivity index (χ1n) is 8.91. The van der Waals surface area contributed by atoms with Crippen molar-refractivity contribution in [2.75, 3.05) is 19.6 Å². The standard InChI is InChI=1S/C20H24N2O2/c1-15-6-4-5-10-22(15)18-13-21(14-18)20(23)17-9-11-24-19-8-3-2-7-16(19)12-17/h2-3,7-9,11-12,15,18H,4-6,10,13-14H2,1H3/t15-/m1/s1. The number of carbonyl (C=O) groups is 1. The third-order valence-corrected chi connectivity index (χ3v) is 5.39. The highest BCUT2D eigenvalue weighted by molar-refractivity contribution is 6.01. The molecule has 4 heteroatoms. The van der Waals surface area contributed by atoms with Crippen LogP contribution in [0.2, 0.25) is 0 Å². The molecule has 126 valence electrons. The van der Waals surface area contributed by atoms with Crippen molar-refractivity contribution in [2.24, 2.45) is 0 Å². The van der Waals surface area contributed by atoms with Crippen molar-refractivity contribution in [1.29, 1.82) is 0 Å². The number of nitrogens with zero attached hydrogens (tertiary/aromatic N) is 2. The summed E-state index contributed by atoms with van der Waals surface area (Å²) in [4.78, 5) is 17.3. The van der Waals surface area contributed by atoms with E-state index in [1.165, 1.54) is 25.8 Å². The molecule has 0 saturated carbocycles. The lowest BCUT2D eigenvalue weighted by Gasteiger charge is -2.49. The molecule has 0 aromatic heterocycles. The van der Waals surface area contributed by atoms with Crippen molar-refractivity contribution in [3.05, 3.63) is 47.7 Å². The first-order chi connectivity index (χ1) is 11.7. The highest BCUT2D eigenvalue weighted by Gasteiger charge is 2.38. The molecule has 2 fully saturated rings. The maximum atomic E-state index is 12.8. The van der Waals surface area contributed by atoms with Crippen molar-refractivity contribution in [2.45, 2.75) is 38.3 Å². The highest BCUT2D eigenvalue weighted by Crippen LogP contribution is 2.28. The van der Waals surface area contributed by atoms with Gasteiger partial charge in [0.2, 0.25) is 0 Å². The van der Waals surface area contributed by atoms with Crippen LogP contribution in [0.3, 0.4) is 0 Å². The number of amides is 1. The Morgan fingerprint density at radius 3 is 2.88 bits per heavy atom. The average Bonchev–Trinajstić information content (AvgIpc) is 2.77. The molecule has 0 N–H and O–H groups in total. The fraction of sp³-hybridized carbons (Fsp3) is 0.450. The molecule has 3 aliphatic rings. The second-order valence-electron chi connectivity index (χ2n) is 7.00. The molecule has 3 aliphatic heterocycles. The van der Waals surface area contributed by atoms with Gasteiger partial charge in [0.25, 0.3) is 5.91 Å². The van der Waals surface area contributed by atoms with E-state index in [0.717, 1.165) is 24.4 Å². The summed E-state index contributed by atoms with van der Waals surface area (Å²) in [5, 5.41) is 0. The number of hydrogen-bond donors (Lipinski definition) is 0. The lowest BCUT2D eigenvalue weighted by molar-refractivity contribution is -0.135. The van der Waals surface area contributed by atoms with Gasteiger partial charge in [-0.2, -0.15) is 0 Å². The SMILES string of the molecule is C[C@@H]1CCCCN1C1CN(C(=O)C2=Cc3ccccc3OC=C2)C1. The normalized spacial score (nSPS) is 24.5. The Hall–Kier alpha value is -2.07. The highest BCUT2D eigenvalue weighted by atomic mass is 16.5. The van der Waals surface area contributed by atoms with Crippen molar-refractivity contribution in [3.8, 4) is 5.75 Å². The largest absolute Gasteiger partial charge is 0.464 e. The van der Waals surface area contributed by atoms with Gasteiger partial charge in [-0.1, -0.05) is 24.6 Å². The fourth-order valence-electron chi connectivity index (χ4n) is 3.91. The van der Waals surface area contributed by atoms with E-state index in [1.54, 1.807) is 12.3 Å². The number of ether oxygens (including phenoxy) is 1. The van der Waals surface area contributed by atoms with Crippen LogP contribution in [-0.4, -0.2) is 47.4 Å². The summed E-state index contributed by atoms with van der Waals surface area (Å²) in [5.41, 5.74) is 1.65. The van der Waals surface area contributed by atoms with Crippen LogP contribution in [-0.2, 0) is 4.79 Å². The first-order valence-corrected chi connectivity index (χ1v) is 8.91. The zero-order valence-electron chi connectivity index (χ0n) is 14.1. The summed E-state index contributed by atoms with van der Waals surface area (Å²) in [7, 11) is 0. The molecule has 1 amide bonds. The van der Waals surface area contributed by atoms with Gasteiger partial charge in [-0.3, -0.25) is 9.69 Å². The average molecular weight is 324 g/mol. The zero-order valence-corrected chi connectivity index (χ0v) is 14.1. The van der Waals surface area contributed by atoms with Gasteiger partial charge in [-0.25, -0.2) is 0 Å². The van der Waals surface area contributed by atoms with Gasteiger partial charge in [0.1, 0.15) is 5.75 Å². The fourth-order valence-corrected chi connectivity index (χ4v) is 3.91. The number of hydrogen-bond acceptors (Lipinski definition) is 3. The van der Waals surface area contributed by atoms with E-state index in [2.05, 4.69) is 11.8 Å². The number of fused-ring (bicyclic) bond motifs is 1. The summed E-state index contributed by atoms with van der Waals surface area (Å²) in [6.07, 6.45) is 9.23. The van der Waals surface area contributed by atoms with E-state index in [4.69, 9.17) is 4.74 Å². The van der Waals surface area contributed by atoms with Gasteiger partial charge < -0.3 is 9.64 Å². The number of carbonyl (C=O) groups excluding carboxylic acids is 1. The van der Waals surface area contributed by atoms with E-state index in [9.17, 15) is 4.79 Å². The number of para-hydroxylation sites is 1. The summed E-state index contributed by atoms with van der Waals surface area (Å²) >= 11 is 0. The lowest BCUT2D eigenvalue weighted by atomic mass is 9.96. The van der Waals surface area contributed by atoms with Crippen molar-refractivity contribution in [3.63, 3.8) is 0 Å². The molecule has 24 heavy (non-hydrogen) atoms. The molecule has 0 unspecified atom stereocenters. The van der Waals surface area contributed by atoms with Gasteiger partial charge in [0, 0.05) is 36.3 Å². The molecule has 0 radical (unpaired) electrons. The summed E-state index contributed by atoms with van der Waals surface area (Å²) in [5.74, 6) is 0.896. The van der Waals surface area contributed by atoms with Crippen LogP contribution in [0.1, 0.15) is 31.7 Å². The van der Waals surface area contributed by atoms with Crippen molar-refractivity contribution >= 4 is 12.0 Å². The third-order valence-electron chi connectivity index (χ3n) is 5.39. The number of likely N-dealkylation sites (tertiary alicyclic amines) is 2. The molecule has 2 saturated heterocycles. The minimum Gasteiger partial charge on any atom is -0.464 e. The minimum atomic E-state index is 0.104. The van der Waals surface area contributed by atoms with E-state index in [1.807, 2.05) is 35.2 Å². The van der Waals surface area contributed by atoms with Gasteiger partial charge in [-0.15, -0.1) is 0 Å². The van der Waals surface area contributed by atoms with Crippen LogP contribution in [0.5, 0.6) is 5.75 Å². The summed E-state index contributed by atoms with van der Waals surface area (Å²) in [6, 6.07) is 8.98. The summed E-state index contributed by atoms with van der Waals surface area (Å²) < 4.78 is 5.58. The van der Waals surface area contributed by atoms with E-state index < -0.39 is 0 Å². The minimum absolute atomic E-state index is 0.104. The molecule has 4 nitrogen and oxygen atoms in total. The van der Waals surface area contributed by atoms with Crippen LogP contribution in [0.4, 0.5) is 0 Å². The van der Waals surface area contributed by atoms with Crippen molar-refractivity contribution < 1.29 is 9.53 Å². The molecular formula is C20H24N2O2. The Bertz CT molecular complexity index is 689. The topological polar surface area (TPSA) is 32.8 Å². The Kier molecular flexibility index (Phi) is 4.15. The molecule has 0 aliphatic carbocycles. The van der Waals surface area contributed by atoms with Gasteiger partial charge in [-0.05, 0) is 44.5 Å². The molecule has 1 aromatic rings. The van der Waals surface area contributed by atoms with Crippen LogP contribution in [0.25, 0.3) is 6.08 Å². The van der Waals surface area contributed by atoms with Crippen LogP contribution in [0.15, 0.2) is 42.2 Å². The van der Waals surface area contributed by atoms with Crippen LogP contribution < -0.4 is 4.74 Å². The molecule has 0 spiro atoms. The monoisotopic (exact) mass is 324 g/mol. The Morgan fingerprint density at radius 1 is 1.21 bits per heavy atom. The number of benzene rings is 1. The first kappa shape index (κ1) is 15.5. The maximum absolute atomic E-state index is 12.8. The summed E-state index contributed by atoms with van der Waals surface area (Å²) in [6.45, 7) is 5.18. The number of piperidine rings is 1. The smallest absolute Gasteiger partial charge is 0.254 e. The van der Waals surface area contributed by atoms with Crippen LogP contribution in [0, 0.1) is 0 Å². The molecule has 3 heterocycles. The van der Waals surface area contributed by atoms with Gasteiger partial charge in [0.05, 0.1) is 6.26 Å². The van der Waals surface area contributed by atoms with Gasteiger partial charge in [0.15, 0.2) is 0 Å². The van der Waals surface area contributed by atoms with E-state index in [0.29, 0.717) is 17.7 Å². The van der Waals surface area contributed by atoms with E-state index in [-0.39, 0.29) is 5.91 Å². The third kappa shape index (κ3) is 2.86. The second kappa shape index (κ2) is 6.44. The second-order valence-corrected chi connectivity index (χ2v) is 7.00. The molecule has 1 atom stereocenters. The Labute approximate surface area is 143 Å². The molecular weight excluding hydrogens is 300 g/mol. The maximum Gasteiger partial charge on any atom is 0.254 e. The Balaban J connectivity index is 1.43. The van der Waals surface area contributed by atoms with Crippen LogP contribution >= 0.6 is 0 Å². The van der Waals surface area contributed by atoms with Crippen molar-refractivity contribution in [1.82, 2.24) is 9.80 Å². The lowest BCUT2D eigenvalue weighted by Crippen LogP contribution is -2.63. The molecule has 4 rings (SSSR count). The number of rotatable bonds is 2. The quantitative estimate of drug-likeness (QED) is 0.838. The molecule has 0 bridgehead atoms. The predicted molar refractivity (Wildman–Crippen MR) is 94.6 cm³/mol. The predicted octanol–water partition coefficient (Wildman–Crippen LogP) is 3.06.